The van der Waals surface area contributed by atoms with E-state index in [1.807, 2.05) is 10.8 Å². The van der Waals surface area contributed by atoms with Gasteiger partial charge in [0.15, 0.2) is 5.78 Å². The van der Waals surface area contributed by atoms with Crippen molar-refractivity contribution in [2.45, 2.75) is 18.6 Å². The molecule has 0 fully saturated rings. The summed E-state index contributed by atoms with van der Waals surface area (Å²) >= 11 is 2.82. The lowest BCUT2D eigenvalue weighted by Crippen LogP contribution is -2.16. The first kappa shape index (κ1) is 11.4. The van der Waals surface area contributed by atoms with Crippen LogP contribution in [0.1, 0.15) is 13.8 Å². The van der Waals surface area contributed by atoms with Crippen LogP contribution in [-0.4, -0.2) is 16.5 Å². The molecule has 0 aromatic heterocycles. The van der Waals surface area contributed by atoms with E-state index in [0.717, 1.165) is 0 Å². The van der Waals surface area contributed by atoms with Crippen LogP contribution < -0.4 is 0 Å². The van der Waals surface area contributed by atoms with Crippen LogP contribution in [0.25, 0.3) is 0 Å². The summed E-state index contributed by atoms with van der Waals surface area (Å²) < 4.78 is 4.81. The Balaban J connectivity index is 2.52. The van der Waals surface area contributed by atoms with E-state index < -0.39 is 5.97 Å². The number of esters is 1. The molecule has 1 aliphatic heterocycles. The number of ketones is 1. The van der Waals surface area contributed by atoms with Crippen molar-refractivity contribution in [3.05, 3.63) is 22.5 Å². The predicted molar refractivity (Wildman–Crippen MR) is 58.6 cm³/mol. The maximum atomic E-state index is 11.4. The first-order valence-corrected chi connectivity index (χ1v) is 5.88. The summed E-state index contributed by atoms with van der Waals surface area (Å²) in [5.41, 5.74) is 0.109. The lowest BCUT2D eigenvalue weighted by Gasteiger charge is -2.10. The number of ether oxygens (including phenoxy) is 1. The highest BCUT2D eigenvalue weighted by Gasteiger charge is 2.21. The quantitative estimate of drug-likeness (QED) is 0.322. The second-order valence-corrected chi connectivity index (χ2v) is 4.74. The molecule has 0 radical (unpaired) electrons. The van der Waals surface area contributed by atoms with Crippen LogP contribution in [0, 0.1) is 0 Å². The Kier molecular flexibility index (Phi) is 4.28. The molecule has 76 valence electrons. The van der Waals surface area contributed by atoms with E-state index in [2.05, 4.69) is 0 Å². The van der Waals surface area contributed by atoms with Gasteiger partial charge in [0.25, 0.3) is 0 Å². The number of allylic oxidation sites excluding steroid dienone is 1. The summed E-state index contributed by atoms with van der Waals surface area (Å²) in [5.74, 6) is -0.813. The summed E-state index contributed by atoms with van der Waals surface area (Å²) in [6.45, 7) is 2.99. The molecule has 1 heterocycles. The van der Waals surface area contributed by atoms with Gasteiger partial charge in [-0.05, 0) is 24.7 Å². The standard InChI is InChI=1S/C9H10O3S2/c1-3-7(6(2)10)8(11)12-9-13-4-5-14-9/h3-5,9H,1-2H3. The van der Waals surface area contributed by atoms with Gasteiger partial charge in [0.2, 0.25) is 4.77 Å². The van der Waals surface area contributed by atoms with Gasteiger partial charge in [-0.2, -0.15) is 0 Å². The van der Waals surface area contributed by atoms with Gasteiger partial charge in [0, 0.05) is 0 Å². The first-order chi connectivity index (χ1) is 6.65. The third kappa shape index (κ3) is 2.92. The fourth-order valence-electron chi connectivity index (χ4n) is 0.896. The summed E-state index contributed by atoms with van der Waals surface area (Å²) in [5, 5.41) is 3.71. The van der Waals surface area contributed by atoms with Crippen LogP contribution in [0.4, 0.5) is 0 Å². The average molecular weight is 230 g/mol. The van der Waals surface area contributed by atoms with Crippen LogP contribution >= 0.6 is 23.5 Å². The first-order valence-electron chi connectivity index (χ1n) is 3.99. The average Bonchev–Trinajstić information content (AvgIpc) is 2.57. The summed E-state index contributed by atoms with van der Waals surface area (Å²) in [6, 6.07) is 0. The minimum Gasteiger partial charge on any atom is -0.436 e. The van der Waals surface area contributed by atoms with Crippen LogP contribution in [0.2, 0.25) is 0 Å². The smallest absolute Gasteiger partial charge is 0.343 e. The van der Waals surface area contributed by atoms with E-state index in [1.165, 1.54) is 36.5 Å². The Morgan fingerprint density at radius 1 is 1.36 bits per heavy atom. The van der Waals surface area contributed by atoms with E-state index in [4.69, 9.17) is 4.74 Å². The lowest BCUT2D eigenvalue weighted by molar-refractivity contribution is -0.139. The molecule has 1 aliphatic rings. The van der Waals surface area contributed by atoms with E-state index >= 15 is 0 Å². The highest BCUT2D eigenvalue weighted by Crippen LogP contribution is 2.34. The number of Topliss-reactive ketones (excluding diaryl/α,β-unsaturated/α-hetero) is 1. The van der Waals surface area contributed by atoms with Gasteiger partial charge in [-0.3, -0.25) is 4.79 Å². The SMILES string of the molecule is CC=C(C(C)=O)C(=O)OC1SC=CS1. The van der Waals surface area contributed by atoms with Crippen molar-refractivity contribution in [2.75, 3.05) is 0 Å². The van der Waals surface area contributed by atoms with Crippen molar-refractivity contribution in [1.29, 1.82) is 0 Å². The van der Waals surface area contributed by atoms with Crippen molar-refractivity contribution in [2.24, 2.45) is 0 Å². The minimum atomic E-state index is -0.547. The molecule has 0 aliphatic carbocycles. The second-order valence-electron chi connectivity index (χ2n) is 2.50. The lowest BCUT2D eigenvalue weighted by atomic mass is 10.2. The van der Waals surface area contributed by atoms with Gasteiger partial charge in [-0.15, -0.1) is 0 Å². The van der Waals surface area contributed by atoms with E-state index in [-0.39, 0.29) is 16.1 Å². The number of carbonyl (C=O) groups excluding carboxylic acids is 2. The number of hydrogen-bond donors (Lipinski definition) is 0. The number of thioether (sulfide) groups is 2. The molecule has 0 spiro atoms. The van der Waals surface area contributed by atoms with Gasteiger partial charge < -0.3 is 4.74 Å². The Morgan fingerprint density at radius 3 is 2.36 bits per heavy atom. The fraction of sp³-hybridized carbons (Fsp3) is 0.333. The monoisotopic (exact) mass is 230 g/mol. The van der Waals surface area contributed by atoms with Gasteiger partial charge in [0.05, 0.1) is 5.57 Å². The van der Waals surface area contributed by atoms with Crippen molar-refractivity contribution >= 4 is 35.3 Å². The molecule has 0 aromatic carbocycles. The van der Waals surface area contributed by atoms with Crippen molar-refractivity contribution < 1.29 is 14.3 Å². The van der Waals surface area contributed by atoms with E-state index in [9.17, 15) is 9.59 Å². The number of hydrogen-bond acceptors (Lipinski definition) is 5. The van der Waals surface area contributed by atoms with E-state index in [0.29, 0.717) is 0 Å². The maximum Gasteiger partial charge on any atom is 0.343 e. The fourth-order valence-corrected chi connectivity index (χ4v) is 2.59. The summed E-state index contributed by atoms with van der Waals surface area (Å²) in [7, 11) is 0. The summed E-state index contributed by atoms with van der Waals surface area (Å²) in [4.78, 5) is 22.4. The zero-order valence-electron chi connectivity index (χ0n) is 7.85. The molecule has 0 atom stereocenters. The normalized spacial score (nSPS) is 17.1. The molecule has 0 saturated heterocycles. The summed E-state index contributed by atoms with van der Waals surface area (Å²) in [6.07, 6.45) is 1.47. The third-order valence-electron chi connectivity index (χ3n) is 1.53. The number of carbonyl (C=O) groups is 2. The van der Waals surface area contributed by atoms with Crippen LogP contribution in [0.3, 0.4) is 0 Å². The molecule has 0 unspecified atom stereocenters. The predicted octanol–water partition coefficient (Wildman–Crippen LogP) is 2.30. The minimum absolute atomic E-state index is 0.109. The Bertz CT molecular complexity index is 299. The molecule has 0 bridgehead atoms. The molecule has 0 N–H and O–H groups in total. The topological polar surface area (TPSA) is 43.4 Å². The van der Waals surface area contributed by atoms with Gasteiger partial charge in [0.1, 0.15) is 0 Å². The van der Waals surface area contributed by atoms with Crippen LogP contribution in [0.5, 0.6) is 0 Å². The Labute approximate surface area is 91.0 Å². The van der Waals surface area contributed by atoms with Crippen molar-refractivity contribution in [1.82, 2.24) is 0 Å². The van der Waals surface area contributed by atoms with Crippen LogP contribution in [-0.2, 0) is 14.3 Å². The van der Waals surface area contributed by atoms with Crippen molar-refractivity contribution in [3.8, 4) is 0 Å². The highest BCUT2D eigenvalue weighted by atomic mass is 32.2. The number of rotatable bonds is 3. The molecule has 0 amide bonds. The van der Waals surface area contributed by atoms with Gasteiger partial charge >= 0.3 is 5.97 Å². The van der Waals surface area contributed by atoms with Crippen molar-refractivity contribution in [3.63, 3.8) is 0 Å². The third-order valence-corrected chi connectivity index (χ3v) is 3.59. The molecule has 3 nitrogen and oxygen atoms in total. The largest absolute Gasteiger partial charge is 0.436 e. The molecule has 0 aromatic rings. The maximum absolute atomic E-state index is 11.4. The van der Waals surface area contributed by atoms with Crippen LogP contribution in [0.15, 0.2) is 22.5 Å². The van der Waals surface area contributed by atoms with E-state index in [1.54, 1.807) is 6.92 Å². The van der Waals surface area contributed by atoms with Gasteiger partial charge in [-0.1, -0.05) is 29.6 Å². The molecule has 5 heteroatoms. The highest BCUT2D eigenvalue weighted by molar-refractivity contribution is 8.22. The molecule has 1 rings (SSSR count). The van der Waals surface area contributed by atoms with Gasteiger partial charge in [-0.25, -0.2) is 4.79 Å². The zero-order chi connectivity index (χ0) is 10.6. The Morgan fingerprint density at radius 2 is 1.93 bits per heavy atom. The zero-order valence-corrected chi connectivity index (χ0v) is 9.48. The Hall–Kier alpha value is -0.680. The molecular weight excluding hydrogens is 220 g/mol. The molecular formula is C9H10O3S2. The molecule has 0 saturated carbocycles. The second kappa shape index (κ2) is 5.26. The molecule has 14 heavy (non-hydrogen) atoms.